The first-order chi connectivity index (χ1) is 7.77. The standard InChI is InChI=1S/C13H12N.H2OS/c1-10-7-8-13(14)12(9-10)11-5-3-2-4-6-11;1-2/h3-9H,14H2,1H3;1-2H. The number of rotatable bonds is 1. The zero-order valence-corrected chi connectivity index (χ0v) is 9.91. The SMILES string of the molecule is Cc1ccc(N)c(-c2cc[c]cc2)c1.OS. The Kier molecular flexibility index (Phi) is 4.89. The van der Waals surface area contributed by atoms with E-state index in [-0.39, 0.29) is 0 Å². The summed E-state index contributed by atoms with van der Waals surface area (Å²) in [5, 5.41) is 0. The van der Waals surface area contributed by atoms with Crippen molar-refractivity contribution in [2.24, 2.45) is 0 Å². The molecule has 0 unspecified atom stereocenters. The van der Waals surface area contributed by atoms with Crippen LogP contribution in [-0.2, 0) is 0 Å². The molecule has 2 nitrogen and oxygen atoms in total. The zero-order chi connectivity index (χ0) is 12.0. The first-order valence-electron chi connectivity index (χ1n) is 4.80. The van der Waals surface area contributed by atoms with Crippen LogP contribution in [0.25, 0.3) is 11.1 Å². The van der Waals surface area contributed by atoms with E-state index in [1.165, 1.54) is 5.56 Å². The molecule has 0 bridgehead atoms. The van der Waals surface area contributed by atoms with Crippen molar-refractivity contribution in [2.45, 2.75) is 6.92 Å². The van der Waals surface area contributed by atoms with Crippen molar-refractivity contribution in [1.29, 1.82) is 0 Å². The van der Waals surface area contributed by atoms with Crippen molar-refractivity contribution >= 4 is 18.6 Å². The number of nitrogen functional groups attached to an aromatic ring is 1. The van der Waals surface area contributed by atoms with Crippen molar-refractivity contribution in [3.05, 3.63) is 54.1 Å². The predicted molar refractivity (Wildman–Crippen MR) is 71.5 cm³/mol. The molecule has 0 saturated heterocycles. The second kappa shape index (κ2) is 6.20. The lowest BCUT2D eigenvalue weighted by Crippen LogP contribution is -1.90. The Hall–Kier alpha value is -1.45. The van der Waals surface area contributed by atoms with Crippen LogP contribution < -0.4 is 5.73 Å². The van der Waals surface area contributed by atoms with E-state index in [1.54, 1.807) is 0 Å². The number of thiol groups is 1. The number of aryl methyl sites for hydroxylation is 1. The second-order valence-electron chi connectivity index (χ2n) is 3.38. The quantitative estimate of drug-likeness (QED) is 0.401. The molecular weight excluding hydrogens is 218 g/mol. The minimum atomic E-state index is 0.821. The maximum atomic E-state index is 6.69. The Morgan fingerprint density at radius 2 is 1.75 bits per heavy atom. The number of anilines is 1. The van der Waals surface area contributed by atoms with E-state index in [1.807, 2.05) is 36.4 Å². The van der Waals surface area contributed by atoms with Crippen LogP contribution in [0.1, 0.15) is 5.56 Å². The van der Waals surface area contributed by atoms with Gasteiger partial charge < -0.3 is 10.3 Å². The van der Waals surface area contributed by atoms with Gasteiger partial charge in [0, 0.05) is 11.3 Å². The van der Waals surface area contributed by atoms with Gasteiger partial charge in [-0.1, -0.05) is 35.9 Å². The number of benzene rings is 2. The van der Waals surface area contributed by atoms with Crippen LogP contribution in [0.5, 0.6) is 0 Å². The lowest BCUT2D eigenvalue weighted by atomic mass is 10.0. The Morgan fingerprint density at radius 1 is 1.12 bits per heavy atom. The summed E-state index contributed by atoms with van der Waals surface area (Å²) < 4.78 is 6.69. The minimum Gasteiger partial charge on any atom is -0.398 e. The van der Waals surface area contributed by atoms with E-state index < -0.39 is 0 Å². The lowest BCUT2D eigenvalue weighted by Gasteiger charge is -2.06. The fourth-order valence-corrected chi connectivity index (χ4v) is 1.49. The summed E-state index contributed by atoms with van der Waals surface area (Å²) in [6.45, 7) is 2.07. The number of nitrogens with two attached hydrogens (primary N) is 1. The van der Waals surface area contributed by atoms with Crippen molar-refractivity contribution in [2.75, 3.05) is 5.73 Å². The summed E-state index contributed by atoms with van der Waals surface area (Å²) in [6.07, 6.45) is 0. The summed E-state index contributed by atoms with van der Waals surface area (Å²) in [5.74, 6) is 0. The molecular formula is C13H14NOS. The van der Waals surface area contributed by atoms with E-state index in [0.717, 1.165) is 16.8 Å². The van der Waals surface area contributed by atoms with Gasteiger partial charge in [0.05, 0.1) is 0 Å². The van der Waals surface area contributed by atoms with Crippen LogP contribution in [0, 0.1) is 13.0 Å². The van der Waals surface area contributed by atoms with Crippen LogP contribution >= 0.6 is 12.9 Å². The molecule has 0 spiro atoms. The van der Waals surface area contributed by atoms with Gasteiger partial charge in [-0.25, -0.2) is 0 Å². The van der Waals surface area contributed by atoms with E-state index in [9.17, 15) is 0 Å². The summed E-state index contributed by atoms with van der Waals surface area (Å²) in [6, 6.07) is 16.9. The normalized spacial score (nSPS) is 9.19. The van der Waals surface area contributed by atoms with Gasteiger partial charge >= 0.3 is 0 Å². The van der Waals surface area contributed by atoms with E-state index in [4.69, 9.17) is 10.3 Å². The maximum Gasteiger partial charge on any atom is 0.0393 e. The van der Waals surface area contributed by atoms with Gasteiger partial charge in [0.1, 0.15) is 0 Å². The van der Waals surface area contributed by atoms with E-state index in [2.05, 4.69) is 32.0 Å². The van der Waals surface area contributed by atoms with Gasteiger partial charge in [-0.05, 0) is 43.6 Å². The Balaban J connectivity index is 0.000000606. The van der Waals surface area contributed by atoms with Crippen LogP contribution in [0.15, 0.2) is 42.5 Å². The molecule has 0 amide bonds. The Bertz CT molecular complexity index is 443. The molecule has 0 atom stereocenters. The largest absolute Gasteiger partial charge is 0.398 e. The molecule has 0 saturated carbocycles. The molecule has 0 aliphatic heterocycles. The van der Waals surface area contributed by atoms with Gasteiger partial charge in [-0.3, -0.25) is 0 Å². The smallest absolute Gasteiger partial charge is 0.0393 e. The molecule has 0 fully saturated rings. The molecule has 2 aromatic carbocycles. The molecule has 1 radical (unpaired) electrons. The highest BCUT2D eigenvalue weighted by Gasteiger charge is 2.01. The molecule has 0 aliphatic carbocycles. The first kappa shape index (κ1) is 12.6. The summed E-state index contributed by atoms with van der Waals surface area (Å²) in [5.41, 5.74) is 10.2. The molecule has 3 N–H and O–H groups in total. The number of hydrogen-bond acceptors (Lipinski definition) is 3. The average molecular weight is 232 g/mol. The van der Waals surface area contributed by atoms with E-state index >= 15 is 0 Å². The van der Waals surface area contributed by atoms with Gasteiger partial charge in [0.15, 0.2) is 0 Å². The van der Waals surface area contributed by atoms with Gasteiger partial charge in [-0.15, -0.1) is 0 Å². The van der Waals surface area contributed by atoms with Crippen molar-refractivity contribution in [3.8, 4) is 11.1 Å². The van der Waals surface area contributed by atoms with Crippen LogP contribution in [-0.4, -0.2) is 4.55 Å². The topological polar surface area (TPSA) is 46.2 Å². The third kappa shape index (κ3) is 3.02. The fraction of sp³-hybridized carbons (Fsp3) is 0.0769. The van der Waals surface area contributed by atoms with Crippen molar-refractivity contribution in [1.82, 2.24) is 0 Å². The maximum absolute atomic E-state index is 6.69. The molecule has 3 heteroatoms. The Labute approximate surface area is 101 Å². The van der Waals surface area contributed by atoms with E-state index in [0.29, 0.717) is 0 Å². The molecule has 0 aromatic heterocycles. The highest BCUT2D eigenvalue weighted by molar-refractivity contribution is 7.74. The molecule has 2 aromatic rings. The average Bonchev–Trinajstić information content (AvgIpc) is 2.36. The molecule has 16 heavy (non-hydrogen) atoms. The number of hydrogen-bond donors (Lipinski definition) is 3. The second-order valence-corrected chi connectivity index (χ2v) is 3.38. The molecule has 0 heterocycles. The van der Waals surface area contributed by atoms with Crippen LogP contribution in [0.4, 0.5) is 5.69 Å². The Morgan fingerprint density at radius 3 is 2.38 bits per heavy atom. The predicted octanol–water partition coefficient (Wildman–Crippen LogP) is 3.43. The summed E-state index contributed by atoms with van der Waals surface area (Å²) in [4.78, 5) is 0. The zero-order valence-electron chi connectivity index (χ0n) is 9.01. The third-order valence-electron chi connectivity index (χ3n) is 2.24. The monoisotopic (exact) mass is 232 g/mol. The van der Waals surface area contributed by atoms with Gasteiger partial charge in [-0.2, -0.15) is 0 Å². The lowest BCUT2D eigenvalue weighted by molar-refractivity contribution is 0.679. The van der Waals surface area contributed by atoms with Gasteiger partial charge in [0.2, 0.25) is 0 Å². The van der Waals surface area contributed by atoms with Crippen LogP contribution in [0.3, 0.4) is 0 Å². The molecule has 2 rings (SSSR count). The van der Waals surface area contributed by atoms with Gasteiger partial charge in [0.25, 0.3) is 0 Å². The summed E-state index contributed by atoms with van der Waals surface area (Å²) >= 11 is 2.53. The summed E-state index contributed by atoms with van der Waals surface area (Å²) in [7, 11) is 0. The van der Waals surface area contributed by atoms with Crippen molar-refractivity contribution < 1.29 is 4.55 Å². The highest BCUT2D eigenvalue weighted by atomic mass is 32.1. The fourth-order valence-electron chi connectivity index (χ4n) is 1.49. The minimum absolute atomic E-state index is 0.821. The first-order valence-corrected chi connectivity index (χ1v) is 5.20. The van der Waals surface area contributed by atoms with Crippen LogP contribution in [0.2, 0.25) is 0 Å². The molecule has 83 valence electrons. The highest BCUT2D eigenvalue weighted by Crippen LogP contribution is 2.26. The molecule has 0 aliphatic rings. The van der Waals surface area contributed by atoms with Crippen molar-refractivity contribution in [3.63, 3.8) is 0 Å². The third-order valence-corrected chi connectivity index (χ3v) is 2.24.